The molecule has 0 bridgehead atoms. The Balaban J connectivity index is 1.09. The van der Waals surface area contributed by atoms with E-state index >= 15 is 0 Å². The van der Waals surface area contributed by atoms with Gasteiger partial charge in [-0.2, -0.15) is 0 Å². The maximum absolute atomic E-state index is 6.51. The number of imidazole rings is 1. The minimum absolute atomic E-state index is 0.00719. The molecule has 9 aromatic carbocycles. The topological polar surface area (TPSA) is 31.0 Å². The number of hydrogen-bond acceptors (Lipinski definition) is 2. The highest BCUT2D eigenvalue weighted by Gasteiger charge is 2.38. The van der Waals surface area contributed by atoms with Crippen LogP contribution in [-0.4, -0.2) is 88.0 Å². The molecule has 0 unspecified atom stereocenters. The molecule has 0 saturated heterocycles. The lowest BCUT2D eigenvalue weighted by Crippen LogP contribution is -2.55. The van der Waals surface area contributed by atoms with Crippen molar-refractivity contribution in [1.29, 1.82) is 0 Å². The van der Waals surface area contributed by atoms with Gasteiger partial charge in [-0.3, -0.25) is 4.57 Å². The van der Waals surface area contributed by atoms with Crippen LogP contribution in [-0.2, 0) is 5.21 Å². The van der Waals surface area contributed by atoms with Crippen molar-refractivity contribution in [2.75, 3.05) is 0 Å². The summed E-state index contributed by atoms with van der Waals surface area (Å²) in [7, 11) is 22.9. The van der Waals surface area contributed by atoms with Crippen molar-refractivity contribution in [2.24, 2.45) is 0 Å². The highest BCUT2D eigenvalue weighted by Crippen LogP contribution is 2.48. The zero-order valence-electron chi connectivity index (χ0n) is 39.8. The van der Waals surface area contributed by atoms with E-state index in [1.165, 1.54) is 93.4 Å². The van der Waals surface area contributed by atoms with Crippen molar-refractivity contribution >= 4 is 160 Å². The van der Waals surface area contributed by atoms with Crippen molar-refractivity contribution in [2.45, 2.75) is 10.3 Å². The lowest BCUT2D eigenvalue weighted by atomic mass is 9.23. The molecule has 0 aliphatic carbocycles. The summed E-state index contributed by atoms with van der Waals surface area (Å²) in [6, 6.07) is 57.9. The molecular weight excluding hydrogens is 789 g/mol. The number of para-hydroxylation sites is 3. The van der Waals surface area contributed by atoms with Gasteiger partial charge in [0.05, 0.1) is 34.6 Å². The largest absolute Gasteiger partial charge is 0.456 e. The van der Waals surface area contributed by atoms with Crippen LogP contribution in [0.1, 0.15) is 5.82 Å². The predicted octanol–water partition coefficient (Wildman–Crippen LogP) is 0.583. The molecule has 0 spiro atoms. The highest BCUT2D eigenvalue weighted by molar-refractivity contribution is 6.69. The third-order valence-corrected chi connectivity index (χ3v) is 15.6. The SMILES string of the molecule is Bc1c(B)c(B)c(-c2ccc3c(-c4ccc(-c5ccc(-n6c(C(B)(B)C(B)(B)B)nc7ccccc76)cc5)cc4)c4ccccc4c(-c4cccc5oc6ccccc6c45)c3c2)c(B)c1B. The number of furan rings is 1. The molecule has 3 nitrogen and oxygen atoms in total. The van der Waals surface area contributed by atoms with Crippen molar-refractivity contribution in [3.63, 3.8) is 0 Å². The molecule has 2 aromatic heterocycles. The Morgan fingerprint density at radius 2 is 0.955 bits per heavy atom. The lowest BCUT2D eigenvalue weighted by Gasteiger charge is -2.39. The number of fused-ring (bicyclic) bond motifs is 6. The van der Waals surface area contributed by atoms with E-state index in [9.17, 15) is 0 Å². The predicted molar refractivity (Wildman–Crippen MR) is 313 cm³/mol. The molecule has 0 radical (unpaired) electrons. The summed E-state index contributed by atoms with van der Waals surface area (Å²) in [5.74, 6) is 1.08. The van der Waals surface area contributed by atoms with Gasteiger partial charge in [0.1, 0.15) is 71.9 Å². The molecule has 0 saturated carbocycles. The second kappa shape index (κ2) is 15.5. The first-order chi connectivity index (χ1) is 31.7. The van der Waals surface area contributed by atoms with Gasteiger partial charge < -0.3 is 4.42 Å². The highest BCUT2D eigenvalue weighted by atomic mass is 16.3. The summed E-state index contributed by atoms with van der Waals surface area (Å²) in [6.45, 7) is 0. The van der Waals surface area contributed by atoms with Crippen molar-refractivity contribution in [3.8, 4) is 50.2 Å². The van der Waals surface area contributed by atoms with Gasteiger partial charge in [-0.1, -0.05) is 126 Å². The van der Waals surface area contributed by atoms with Crippen LogP contribution in [0.2, 0.25) is 5.11 Å². The van der Waals surface area contributed by atoms with Crippen molar-refractivity contribution < 1.29 is 4.42 Å². The quantitative estimate of drug-likeness (QED) is 0.174. The molecule has 11 rings (SSSR count). The van der Waals surface area contributed by atoms with Crippen LogP contribution in [0, 0.1) is 0 Å². The van der Waals surface area contributed by atoms with E-state index in [0.29, 0.717) is 0 Å². The zero-order valence-corrected chi connectivity index (χ0v) is 39.8. The van der Waals surface area contributed by atoms with Gasteiger partial charge in [-0.15, -0.1) is 21.5 Å². The molecule has 0 N–H and O–H groups in total. The summed E-state index contributed by atoms with van der Waals surface area (Å²) in [4.78, 5) is 5.23. The standard InChI is InChI=1S/C53H46B10N2O/c54-46-43(47(55)49(57)50(58)48(46)56)30-22-25-34-37(26-30)44(36-11-7-15-41-45(36)35-10-3-6-14-40(35)66-41)33-9-2-1-8-32(33)42(34)29-18-16-27(17-19-29)28-20-23-31(24-21-28)65-39-13-5-4-12-38(39)64-51(65)52(59,60)53(61,62)63/h1-26H,54-63H2. The molecule has 0 aliphatic rings. The van der Waals surface area contributed by atoms with E-state index in [0.717, 1.165) is 44.5 Å². The Morgan fingerprint density at radius 3 is 1.64 bits per heavy atom. The monoisotopic (exact) mass is 836 g/mol. The maximum atomic E-state index is 6.51. The first-order valence-corrected chi connectivity index (χ1v) is 23.4. The normalized spacial score (nSPS) is 12.2. The van der Waals surface area contributed by atoms with Crippen LogP contribution in [0.5, 0.6) is 0 Å². The first kappa shape index (κ1) is 42.1. The molecule has 0 fully saturated rings. The van der Waals surface area contributed by atoms with E-state index in [1.54, 1.807) is 0 Å². The number of benzene rings is 9. The Kier molecular flexibility index (Phi) is 9.89. The molecule has 13 heteroatoms. The molecule has 0 aliphatic heterocycles. The van der Waals surface area contributed by atoms with Gasteiger partial charge in [0, 0.05) is 16.5 Å². The van der Waals surface area contributed by atoms with Gasteiger partial charge >= 0.3 is 0 Å². The van der Waals surface area contributed by atoms with Gasteiger partial charge in [0.15, 0.2) is 0 Å². The fourth-order valence-electron chi connectivity index (χ4n) is 10.5. The van der Waals surface area contributed by atoms with Gasteiger partial charge in [-0.05, 0) is 114 Å². The zero-order chi connectivity index (χ0) is 45.8. The summed E-state index contributed by atoms with van der Waals surface area (Å²) in [6.07, 6.45) is 0. The third-order valence-electron chi connectivity index (χ3n) is 15.6. The van der Waals surface area contributed by atoms with E-state index in [1.807, 2.05) is 0 Å². The molecule has 304 valence electrons. The fraction of sp³-hybridized carbons (Fsp3) is 0.0377. The number of hydrogen-bond donors (Lipinski definition) is 0. The van der Waals surface area contributed by atoms with Crippen LogP contribution < -0.4 is 27.3 Å². The fourth-order valence-corrected chi connectivity index (χ4v) is 10.5. The van der Waals surface area contributed by atoms with E-state index in [2.05, 4.69) is 241 Å². The van der Waals surface area contributed by atoms with Crippen LogP contribution in [0.4, 0.5) is 0 Å². The van der Waals surface area contributed by atoms with E-state index in [-0.39, 0.29) is 10.3 Å². The summed E-state index contributed by atoms with van der Waals surface area (Å²) >= 11 is 0. The number of aromatic nitrogens is 2. The molecule has 11 aromatic rings. The average Bonchev–Trinajstić information content (AvgIpc) is 3.92. The molecule has 66 heavy (non-hydrogen) atoms. The minimum Gasteiger partial charge on any atom is -0.456 e. The number of nitrogens with zero attached hydrogens (tertiary/aromatic N) is 2. The smallest absolute Gasteiger partial charge is 0.139 e. The van der Waals surface area contributed by atoms with Crippen molar-refractivity contribution in [1.82, 2.24) is 9.55 Å². The van der Waals surface area contributed by atoms with Crippen LogP contribution in [0.3, 0.4) is 0 Å². The second-order valence-electron chi connectivity index (χ2n) is 20.1. The second-order valence-corrected chi connectivity index (χ2v) is 20.1. The lowest BCUT2D eigenvalue weighted by molar-refractivity contribution is 0.669. The minimum atomic E-state index is -0.174. The van der Waals surface area contributed by atoms with Gasteiger partial charge in [0.25, 0.3) is 0 Å². The van der Waals surface area contributed by atoms with E-state index < -0.39 is 0 Å². The average molecular weight is 835 g/mol. The first-order valence-electron chi connectivity index (χ1n) is 23.4. The molecule has 2 heterocycles. The van der Waals surface area contributed by atoms with Gasteiger partial charge in [-0.25, -0.2) is 4.98 Å². The molecular formula is C53H46B10N2O. The third kappa shape index (κ3) is 6.44. The van der Waals surface area contributed by atoms with Crippen molar-refractivity contribution in [3.05, 3.63) is 164 Å². The number of rotatable bonds is 7. The Bertz CT molecular complexity index is 3750. The summed E-state index contributed by atoms with van der Waals surface area (Å²) in [5.41, 5.74) is 21.6. The summed E-state index contributed by atoms with van der Waals surface area (Å²) < 4.78 is 8.87. The van der Waals surface area contributed by atoms with Crippen LogP contribution in [0.25, 0.3) is 105 Å². The van der Waals surface area contributed by atoms with Crippen LogP contribution in [0.15, 0.2) is 162 Å². The Morgan fingerprint density at radius 1 is 0.424 bits per heavy atom. The van der Waals surface area contributed by atoms with Crippen LogP contribution >= 0.6 is 0 Å². The Hall–Kier alpha value is -6.58. The maximum Gasteiger partial charge on any atom is 0.139 e. The molecule has 0 amide bonds. The molecule has 0 atom stereocenters. The Labute approximate surface area is 396 Å². The summed E-state index contributed by atoms with van der Waals surface area (Å²) in [5, 5.41) is 7.03. The van der Waals surface area contributed by atoms with E-state index in [4.69, 9.17) is 9.40 Å². The van der Waals surface area contributed by atoms with Gasteiger partial charge in [0.2, 0.25) is 0 Å².